The van der Waals surface area contributed by atoms with Gasteiger partial charge in [0.15, 0.2) is 0 Å². The van der Waals surface area contributed by atoms with Crippen LogP contribution >= 0.6 is 0 Å². The van der Waals surface area contributed by atoms with E-state index in [1.165, 1.54) is 7.11 Å². The van der Waals surface area contributed by atoms with Crippen LogP contribution < -0.4 is 0 Å². The smallest absolute Gasteiger partial charge is 0.309 e. The number of allylic oxidation sites excluding steroid dienone is 2. The average molecular weight is 286 g/mol. The van der Waals surface area contributed by atoms with Gasteiger partial charge in [0, 0.05) is 0 Å². The van der Waals surface area contributed by atoms with E-state index in [9.17, 15) is 4.79 Å². The molecule has 0 amide bonds. The van der Waals surface area contributed by atoms with Crippen LogP contribution in [0.15, 0.2) is 30.4 Å². The Morgan fingerprint density at radius 1 is 1.00 bits per heavy atom. The minimum atomic E-state index is -0.201. The topological polar surface area (TPSA) is 26.3 Å². The fourth-order valence-electron chi connectivity index (χ4n) is 2.05. The van der Waals surface area contributed by atoms with Crippen LogP contribution in [-0.2, 0) is 16.0 Å². The highest BCUT2D eigenvalue weighted by atomic mass is 16.5. The zero-order chi connectivity index (χ0) is 15.5. The quantitative estimate of drug-likeness (QED) is 0.627. The molecule has 0 atom stereocenters. The van der Waals surface area contributed by atoms with Gasteiger partial charge < -0.3 is 4.74 Å². The summed E-state index contributed by atoms with van der Waals surface area (Å²) in [6, 6.07) is 6.26. The molecule has 0 aliphatic carbocycles. The standard InChI is InChI=1S/C19H26O2/c1-4-6-8-10-16-12-17(11-9-7-5-2)14-18(13-16)15-19(20)21-3/h8-14H,4-7,15H2,1-3H3/b10-8+,11-9+. The number of esters is 1. The molecule has 0 spiro atoms. The number of benzene rings is 1. The van der Waals surface area contributed by atoms with Gasteiger partial charge in [0.1, 0.15) is 0 Å². The maximum absolute atomic E-state index is 11.5. The highest BCUT2D eigenvalue weighted by Crippen LogP contribution is 2.15. The van der Waals surface area contributed by atoms with Crippen molar-refractivity contribution < 1.29 is 9.53 Å². The van der Waals surface area contributed by atoms with Gasteiger partial charge in [0.2, 0.25) is 0 Å². The predicted octanol–water partition coefficient (Wildman–Crippen LogP) is 5.03. The number of ether oxygens (including phenoxy) is 1. The second-order valence-corrected chi connectivity index (χ2v) is 5.14. The fraction of sp³-hybridized carbons (Fsp3) is 0.421. The molecular formula is C19H26O2. The van der Waals surface area contributed by atoms with Gasteiger partial charge >= 0.3 is 5.97 Å². The van der Waals surface area contributed by atoms with E-state index in [4.69, 9.17) is 4.74 Å². The highest BCUT2D eigenvalue weighted by molar-refractivity contribution is 5.73. The normalized spacial score (nSPS) is 11.4. The molecule has 0 saturated heterocycles. The van der Waals surface area contributed by atoms with E-state index < -0.39 is 0 Å². The largest absolute Gasteiger partial charge is 0.469 e. The van der Waals surface area contributed by atoms with Gasteiger partial charge in [-0.15, -0.1) is 0 Å². The Hall–Kier alpha value is -1.83. The molecule has 0 aliphatic rings. The lowest BCUT2D eigenvalue weighted by Crippen LogP contribution is -2.04. The van der Waals surface area contributed by atoms with Crippen LogP contribution in [0, 0.1) is 0 Å². The third-order valence-electron chi connectivity index (χ3n) is 3.14. The van der Waals surface area contributed by atoms with E-state index >= 15 is 0 Å². The Morgan fingerprint density at radius 2 is 1.52 bits per heavy atom. The first kappa shape index (κ1) is 17.2. The summed E-state index contributed by atoms with van der Waals surface area (Å²) < 4.78 is 4.76. The van der Waals surface area contributed by atoms with Crippen LogP contribution in [0.25, 0.3) is 12.2 Å². The molecule has 0 radical (unpaired) electrons. The molecule has 1 rings (SSSR count). The first-order chi connectivity index (χ1) is 10.2. The molecule has 0 saturated carbocycles. The summed E-state index contributed by atoms with van der Waals surface area (Å²) in [5.74, 6) is -0.201. The molecule has 0 aliphatic heterocycles. The molecule has 1 aromatic rings. The summed E-state index contributed by atoms with van der Waals surface area (Å²) in [4.78, 5) is 11.5. The van der Waals surface area contributed by atoms with Crippen LogP contribution in [-0.4, -0.2) is 13.1 Å². The number of hydrogen-bond donors (Lipinski definition) is 0. The summed E-state index contributed by atoms with van der Waals surface area (Å²) in [6.07, 6.45) is 13.4. The van der Waals surface area contributed by atoms with Crippen molar-refractivity contribution in [2.75, 3.05) is 7.11 Å². The van der Waals surface area contributed by atoms with Crippen molar-refractivity contribution >= 4 is 18.1 Å². The maximum Gasteiger partial charge on any atom is 0.309 e. The fourth-order valence-corrected chi connectivity index (χ4v) is 2.05. The van der Waals surface area contributed by atoms with Crippen molar-refractivity contribution in [3.63, 3.8) is 0 Å². The molecule has 114 valence electrons. The Morgan fingerprint density at radius 3 is 1.95 bits per heavy atom. The van der Waals surface area contributed by atoms with Gasteiger partial charge in [-0.05, 0) is 35.6 Å². The SMILES string of the molecule is CCC/C=C/c1cc(/C=C/CCC)cc(CC(=O)OC)c1. The van der Waals surface area contributed by atoms with Crippen LogP contribution in [0.4, 0.5) is 0 Å². The molecule has 2 nitrogen and oxygen atoms in total. The van der Waals surface area contributed by atoms with E-state index in [-0.39, 0.29) is 5.97 Å². The molecular weight excluding hydrogens is 260 g/mol. The van der Waals surface area contributed by atoms with Gasteiger partial charge in [-0.2, -0.15) is 0 Å². The molecule has 0 N–H and O–H groups in total. The first-order valence-corrected chi connectivity index (χ1v) is 7.73. The Labute approximate surface area is 128 Å². The van der Waals surface area contributed by atoms with Gasteiger partial charge in [0.25, 0.3) is 0 Å². The van der Waals surface area contributed by atoms with Crippen molar-refractivity contribution in [1.29, 1.82) is 0 Å². The van der Waals surface area contributed by atoms with Crippen LogP contribution in [0.2, 0.25) is 0 Å². The lowest BCUT2D eigenvalue weighted by molar-refractivity contribution is -0.139. The van der Waals surface area contributed by atoms with E-state index in [2.05, 4.69) is 56.4 Å². The molecule has 1 aromatic carbocycles. The number of hydrogen-bond acceptors (Lipinski definition) is 2. The van der Waals surface area contributed by atoms with Gasteiger partial charge in [-0.3, -0.25) is 4.79 Å². The van der Waals surface area contributed by atoms with E-state index in [0.29, 0.717) is 6.42 Å². The van der Waals surface area contributed by atoms with Crippen molar-refractivity contribution in [2.24, 2.45) is 0 Å². The minimum absolute atomic E-state index is 0.201. The number of carbonyl (C=O) groups is 1. The molecule has 2 heteroatoms. The zero-order valence-electron chi connectivity index (χ0n) is 13.4. The molecule has 0 aromatic heterocycles. The second kappa shape index (κ2) is 9.98. The van der Waals surface area contributed by atoms with Gasteiger partial charge in [-0.1, -0.05) is 63.1 Å². The van der Waals surface area contributed by atoms with Crippen LogP contribution in [0.5, 0.6) is 0 Å². The van der Waals surface area contributed by atoms with E-state index in [0.717, 1.165) is 42.4 Å². The monoisotopic (exact) mass is 286 g/mol. The van der Waals surface area contributed by atoms with E-state index in [1.807, 2.05) is 0 Å². The minimum Gasteiger partial charge on any atom is -0.469 e. The molecule has 0 fully saturated rings. The average Bonchev–Trinajstić information content (AvgIpc) is 2.47. The number of rotatable bonds is 8. The zero-order valence-corrected chi connectivity index (χ0v) is 13.4. The van der Waals surface area contributed by atoms with Crippen LogP contribution in [0.1, 0.15) is 56.2 Å². The second-order valence-electron chi connectivity index (χ2n) is 5.14. The molecule has 0 bridgehead atoms. The summed E-state index contributed by atoms with van der Waals surface area (Å²) in [5.41, 5.74) is 3.28. The molecule has 21 heavy (non-hydrogen) atoms. The van der Waals surface area contributed by atoms with Crippen molar-refractivity contribution in [2.45, 2.75) is 46.0 Å². The summed E-state index contributed by atoms with van der Waals surface area (Å²) in [7, 11) is 1.43. The lowest BCUT2D eigenvalue weighted by atomic mass is 10.0. The first-order valence-electron chi connectivity index (χ1n) is 7.73. The van der Waals surface area contributed by atoms with E-state index in [1.54, 1.807) is 0 Å². The van der Waals surface area contributed by atoms with Crippen molar-refractivity contribution in [3.05, 3.63) is 47.0 Å². The lowest BCUT2D eigenvalue weighted by Gasteiger charge is -2.05. The number of methoxy groups -OCH3 is 1. The summed E-state index contributed by atoms with van der Waals surface area (Å²) in [5, 5.41) is 0. The Kier molecular flexibility index (Phi) is 8.18. The number of carbonyl (C=O) groups excluding carboxylic acids is 1. The third-order valence-corrected chi connectivity index (χ3v) is 3.14. The van der Waals surface area contributed by atoms with Gasteiger partial charge in [0.05, 0.1) is 13.5 Å². The maximum atomic E-state index is 11.5. The van der Waals surface area contributed by atoms with Crippen molar-refractivity contribution in [3.8, 4) is 0 Å². The highest BCUT2D eigenvalue weighted by Gasteiger charge is 2.04. The Bertz CT molecular complexity index is 464. The van der Waals surface area contributed by atoms with Crippen molar-refractivity contribution in [1.82, 2.24) is 0 Å². The predicted molar refractivity (Wildman–Crippen MR) is 90.0 cm³/mol. The third kappa shape index (κ3) is 6.94. The molecule has 0 heterocycles. The summed E-state index contributed by atoms with van der Waals surface area (Å²) >= 11 is 0. The number of unbranched alkanes of at least 4 members (excludes halogenated alkanes) is 2. The Balaban J connectivity index is 2.97. The summed E-state index contributed by atoms with van der Waals surface area (Å²) in [6.45, 7) is 4.33. The molecule has 0 unspecified atom stereocenters. The van der Waals surface area contributed by atoms with Gasteiger partial charge in [-0.25, -0.2) is 0 Å². The van der Waals surface area contributed by atoms with Crippen LogP contribution in [0.3, 0.4) is 0 Å².